The Bertz CT molecular complexity index is 423. The zero-order valence-electron chi connectivity index (χ0n) is 11.7. The summed E-state index contributed by atoms with van der Waals surface area (Å²) in [4.78, 5) is 2.02. The van der Waals surface area contributed by atoms with Gasteiger partial charge in [0, 0.05) is 25.2 Å². The largest absolute Gasteiger partial charge is 0.493 e. The smallest absolute Gasteiger partial charge is 0.150 e. The second kappa shape index (κ2) is 6.24. The average Bonchev–Trinajstić information content (AvgIpc) is 2.36. The van der Waals surface area contributed by atoms with Crippen LogP contribution in [0.5, 0.6) is 5.75 Å². The van der Waals surface area contributed by atoms with Gasteiger partial charge in [0.1, 0.15) is 11.6 Å². The molecular formula is C15H23FN2O. The van der Waals surface area contributed by atoms with Crippen molar-refractivity contribution in [1.29, 1.82) is 0 Å². The number of piperidine rings is 1. The number of hydrogen-bond donors (Lipinski definition) is 1. The molecule has 1 aromatic rings. The van der Waals surface area contributed by atoms with Crippen LogP contribution in [0.1, 0.15) is 26.7 Å². The molecule has 1 atom stereocenters. The maximum atomic E-state index is 14.1. The third kappa shape index (κ3) is 3.83. The van der Waals surface area contributed by atoms with Crippen LogP contribution in [0.15, 0.2) is 18.2 Å². The fourth-order valence-corrected chi connectivity index (χ4v) is 2.33. The summed E-state index contributed by atoms with van der Waals surface area (Å²) in [5.41, 5.74) is 6.57. The number of ether oxygens (including phenoxy) is 1. The highest BCUT2D eigenvalue weighted by molar-refractivity contribution is 5.51. The highest BCUT2D eigenvalue weighted by Gasteiger charge is 2.19. The van der Waals surface area contributed by atoms with Crippen molar-refractivity contribution in [2.45, 2.75) is 32.7 Å². The lowest BCUT2D eigenvalue weighted by Crippen LogP contribution is -2.43. The summed E-state index contributed by atoms with van der Waals surface area (Å²) in [6.07, 6.45) is 2.04. The van der Waals surface area contributed by atoms with Crippen LogP contribution in [0.2, 0.25) is 0 Å². The summed E-state index contributed by atoms with van der Waals surface area (Å²) in [7, 11) is 0. The number of halogens is 1. The Morgan fingerprint density at radius 2 is 2.26 bits per heavy atom. The lowest BCUT2D eigenvalue weighted by atomic mass is 10.1. The average molecular weight is 266 g/mol. The van der Waals surface area contributed by atoms with E-state index in [9.17, 15) is 4.39 Å². The molecule has 19 heavy (non-hydrogen) atoms. The molecule has 0 saturated carbocycles. The molecule has 0 spiro atoms. The molecule has 106 valence electrons. The second-order valence-corrected chi connectivity index (χ2v) is 5.67. The number of hydrogen-bond acceptors (Lipinski definition) is 3. The summed E-state index contributed by atoms with van der Waals surface area (Å²) in [5.74, 6) is 0.800. The van der Waals surface area contributed by atoms with E-state index in [1.54, 1.807) is 6.07 Å². The van der Waals surface area contributed by atoms with Gasteiger partial charge >= 0.3 is 0 Å². The van der Waals surface area contributed by atoms with Gasteiger partial charge in [-0.2, -0.15) is 0 Å². The first-order valence-corrected chi connectivity index (χ1v) is 6.99. The predicted octanol–water partition coefficient (Wildman–Crippen LogP) is 2.79. The maximum Gasteiger partial charge on any atom is 0.150 e. The van der Waals surface area contributed by atoms with E-state index in [-0.39, 0.29) is 11.9 Å². The van der Waals surface area contributed by atoms with Crippen LogP contribution in [0.4, 0.5) is 10.1 Å². The topological polar surface area (TPSA) is 38.5 Å². The summed E-state index contributed by atoms with van der Waals surface area (Å²) < 4.78 is 19.7. The van der Waals surface area contributed by atoms with Crippen molar-refractivity contribution in [2.75, 3.05) is 24.6 Å². The van der Waals surface area contributed by atoms with Gasteiger partial charge in [-0.15, -0.1) is 0 Å². The van der Waals surface area contributed by atoms with Gasteiger partial charge in [0.15, 0.2) is 0 Å². The quantitative estimate of drug-likeness (QED) is 0.910. The minimum Gasteiger partial charge on any atom is -0.493 e. The SMILES string of the molecule is CC(C)COc1ccc(N2CCCC(N)C2)c(F)c1. The summed E-state index contributed by atoms with van der Waals surface area (Å²) in [6, 6.07) is 5.24. The molecule has 0 bridgehead atoms. The standard InChI is InChI=1S/C15H23FN2O/c1-11(2)10-19-13-5-6-15(14(16)8-13)18-7-3-4-12(17)9-18/h5-6,8,11-12H,3-4,7,9-10,17H2,1-2H3. The second-order valence-electron chi connectivity index (χ2n) is 5.67. The lowest BCUT2D eigenvalue weighted by molar-refractivity contribution is 0.270. The Hall–Kier alpha value is -1.29. The lowest BCUT2D eigenvalue weighted by Gasteiger charge is -2.32. The minimum atomic E-state index is -0.227. The van der Waals surface area contributed by atoms with E-state index in [2.05, 4.69) is 13.8 Å². The summed E-state index contributed by atoms with van der Waals surface area (Å²) >= 11 is 0. The van der Waals surface area contributed by atoms with Crippen LogP contribution in [0.25, 0.3) is 0 Å². The van der Waals surface area contributed by atoms with Crippen LogP contribution in [0.3, 0.4) is 0 Å². The van der Waals surface area contributed by atoms with E-state index in [1.807, 2.05) is 11.0 Å². The monoisotopic (exact) mass is 266 g/mol. The molecule has 2 N–H and O–H groups in total. The number of benzene rings is 1. The first-order valence-electron chi connectivity index (χ1n) is 6.99. The first kappa shape index (κ1) is 14.1. The van der Waals surface area contributed by atoms with Crippen LogP contribution in [-0.2, 0) is 0 Å². The Labute approximate surface area is 114 Å². The fourth-order valence-electron chi connectivity index (χ4n) is 2.33. The van der Waals surface area contributed by atoms with E-state index in [1.165, 1.54) is 6.07 Å². The highest BCUT2D eigenvalue weighted by Crippen LogP contribution is 2.26. The Morgan fingerprint density at radius 1 is 1.47 bits per heavy atom. The van der Waals surface area contributed by atoms with Gasteiger partial charge in [-0.25, -0.2) is 4.39 Å². The number of rotatable bonds is 4. The zero-order chi connectivity index (χ0) is 13.8. The molecule has 1 aliphatic heterocycles. The van der Waals surface area contributed by atoms with E-state index in [0.29, 0.717) is 24.0 Å². The summed E-state index contributed by atoms with van der Waals surface area (Å²) in [5, 5.41) is 0. The van der Waals surface area contributed by atoms with Gasteiger partial charge in [-0.3, -0.25) is 0 Å². The minimum absolute atomic E-state index is 0.144. The molecule has 0 aromatic heterocycles. The molecule has 1 fully saturated rings. The third-order valence-corrected chi connectivity index (χ3v) is 3.30. The molecule has 0 amide bonds. The number of nitrogens with two attached hydrogens (primary N) is 1. The van der Waals surface area contributed by atoms with Crippen LogP contribution in [0, 0.1) is 11.7 Å². The van der Waals surface area contributed by atoms with Crippen molar-refractivity contribution in [2.24, 2.45) is 11.7 Å². The van der Waals surface area contributed by atoms with Crippen molar-refractivity contribution < 1.29 is 9.13 Å². The van der Waals surface area contributed by atoms with E-state index in [0.717, 1.165) is 25.9 Å². The highest BCUT2D eigenvalue weighted by atomic mass is 19.1. The van der Waals surface area contributed by atoms with Crippen LogP contribution < -0.4 is 15.4 Å². The molecule has 4 heteroatoms. The Balaban J connectivity index is 2.06. The Kier molecular flexibility index (Phi) is 4.64. The summed E-state index contributed by atoms with van der Waals surface area (Å²) in [6.45, 7) is 6.34. The first-order chi connectivity index (χ1) is 9.06. The molecule has 3 nitrogen and oxygen atoms in total. The molecule has 1 heterocycles. The number of nitrogens with zero attached hydrogens (tertiary/aromatic N) is 1. The molecular weight excluding hydrogens is 243 g/mol. The van der Waals surface area contributed by atoms with Crippen molar-refractivity contribution >= 4 is 5.69 Å². The van der Waals surface area contributed by atoms with E-state index in [4.69, 9.17) is 10.5 Å². The van der Waals surface area contributed by atoms with E-state index >= 15 is 0 Å². The van der Waals surface area contributed by atoms with Crippen molar-refractivity contribution in [3.8, 4) is 5.75 Å². The predicted molar refractivity (Wildman–Crippen MR) is 76.2 cm³/mol. The van der Waals surface area contributed by atoms with Gasteiger partial charge in [-0.05, 0) is 30.9 Å². The molecule has 1 aromatic carbocycles. The molecule has 1 unspecified atom stereocenters. The molecule has 1 saturated heterocycles. The zero-order valence-corrected chi connectivity index (χ0v) is 11.7. The Morgan fingerprint density at radius 3 is 2.89 bits per heavy atom. The third-order valence-electron chi connectivity index (χ3n) is 3.30. The van der Waals surface area contributed by atoms with Crippen molar-refractivity contribution in [1.82, 2.24) is 0 Å². The molecule has 2 rings (SSSR count). The maximum absolute atomic E-state index is 14.1. The van der Waals surface area contributed by atoms with Gasteiger partial charge in [0.25, 0.3) is 0 Å². The van der Waals surface area contributed by atoms with E-state index < -0.39 is 0 Å². The van der Waals surface area contributed by atoms with Crippen molar-refractivity contribution in [3.05, 3.63) is 24.0 Å². The van der Waals surface area contributed by atoms with Gasteiger partial charge < -0.3 is 15.4 Å². The van der Waals surface area contributed by atoms with Gasteiger partial charge in [0.05, 0.1) is 12.3 Å². The van der Waals surface area contributed by atoms with Crippen LogP contribution in [-0.4, -0.2) is 25.7 Å². The van der Waals surface area contributed by atoms with Crippen LogP contribution >= 0.6 is 0 Å². The fraction of sp³-hybridized carbons (Fsp3) is 0.600. The van der Waals surface area contributed by atoms with Gasteiger partial charge in [-0.1, -0.05) is 13.8 Å². The van der Waals surface area contributed by atoms with Gasteiger partial charge in [0.2, 0.25) is 0 Å². The molecule has 1 aliphatic rings. The molecule has 0 aliphatic carbocycles. The number of anilines is 1. The normalized spacial score (nSPS) is 19.8. The molecule has 0 radical (unpaired) electrons. The van der Waals surface area contributed by atoms with Crippen molar-refractivity contribution in [3.63, 3.8) is 0 Å².